The molecule has 0 unspecified atom stereocenters. The van der Waals surface area contributed by atoms with Gasteiger partial charge in [0, 0.05) is 25.3 Å². The van der Waals surface area contributed by atoms with Crippen molar-refractivity contribution in [2.24, 2.45) is 5.92 Å². The highest BCUT2D eigenvalue weighted by atomic mass is 32.2. The second-order valence-electron chi connectivity index (χ2n) is 7.60. The third-order valence-electron chi connectivity index (χ3n) is 5.64. The molecule has 1 atom stereocenters. The van der Waals surface area contributed by atoms with Crippen LogP contribution in [0, 0.1) is 5.92 Å². The summed E-state index contributed by atoms with van der Waals surface area (Å²) in [6.45, 7) is 5.45. The number of rotatable bonds is 7. The summed E-state index contributed by atoms with van der Waals surface area (Å²) in [6, 6.07) is 12.4. The fourth-order valence-corrected chi connectivity index (χ4v) is 6.34. The van der Waals surface area contributed by atoms with Crippen LogP contribution in [-0.4, -0.2) is 53.6 Å². The number of piperidine rings is 1. The molecule has 32 heavy (non-hydrogen) atoms. The van der Waals surface area contributed by atoms with Crippen LogP contribution < -0.4 is 9.64 Å². The lowest BCUT2D eigenvalue weighted by atomic mass is 9.97. The summed E-state index contributed by atoms with van der Waals surface area (Å²) in [7, 11) is -3.78. The molecular formula is C22H26N4O4S2. The van der Waals surface area contributed by atoms with Crippen LogP contribution in [-0.2, 0) is 14.8 Å². The molecule has 8 nitrogen and oxygen atoms in total. The lowest BCUT2D eigenvalue weighted by Gasteiger charge is -2.34. The van der Waals surface area contributed by atoms with Crippen LogP contribution in [0.2, 0.25) is 0 Å². The van der Waals surface area contributed by atoms with Crippen molar-refractivity contribution in [2.45, 2.75) is 31.6 Å². The minimum atomic E-state index is -3.78. The lowest BCUT2D eigenvalue weighted by molar-refractivity contribution is -0.123. The number of sulfonamides is 1. The van der Waals surface area contributed by atoms with Gasteiger partial charge in [0.15, 0.2) is 0 Å². The van der Waals surface area contributed by atoms with E-state index < -0.39 is 15.9 Å². The van der Waals surface area contributed by atoms with Gasteiger partial charge in [-0.05, 0) is 63.1 Å². The van der Waals surface area contributed by atoms with Gasteiger partial charge in [0.25, 0.3) is 0 Å². The summed E-state index contributed by atoms with van der Waals surface area (Å²) in [5, 5.41) is 0. The number of fused-ring (bicyclic) bond motifs is 1. The molecule has 2 aromatic carbocycles. The molecule has 0 aliphatic carbocycles. The first kappa shape index (κ1) is 22.6. The van der Waals surface area contributed by atoms with Gasteiger partial charge in [-0.1, -0.05) is 6.07 Å². The summed E-state index contributed by atoms with van der Waals surface area (Å²) in [5.74, 6) is 0.281. The minimum Gasteiger partial charge on any atom is -0.494 e. The van der Waals surface area contributed by atoms with E-state index in [1.54, 1.807) is 23.1 Å². The SMILES string of the molecule is CCOc1ccc(N(CC)C(=O)[C@H]2CCCN(S(=O)(=O)c3cccc4nsnc34)C2)cc1. The summed E-state index contributed by atoms with van der Waals surface area (Å²) >= 11 is 0.991. The largest absolute Gasteiger partial charge is 0.494 e. The van der Waals surface area contributed by atoms with E-state index >= 15 is 0 Å². The van der Waals surface area contributed by atoms with Crippen LogP contribution in [0.3, 0.4) is 0 Å². The second kappa shape index (κ2) is 9.51. The Balaban J connectivity index is 1.55. The third-order valence-corrected chi connectivity index (χ3v) is 8.08. The summed E-state index contributed by atoms with van der Waals surface area (Å²) in [4.78, 5) is 15.2. The smallest absolute Gasteiger partial charge is 0.245 e. The molecule has 0 bridgehead atoms. The van der Waals surface area contributed by atoms with E-state index in [0.717, 1.165) is 23.2 Å². The fourth-order valence-electron chi connectivity index (χ4n) is 4.07. The molecular weight excluding hydrogens is 448 g/mol. The third kappa shape index (κ3) is 4.35. The van der Waals surface area contributed by atoms with Gasteiger partial charge in [-0.3, -0.25) is 4.79 Å². The predicted molar refractivity (Wildman–Crippen MR) is 125 cm³/mol. The Hall–Kier alpha value is -2.56. The second-order valence-corrected chi connectivity index (χ2v) is 10.0. The van der Waals surface area contributed by atoms with E-state index in [4.69, 9.17) is 4.74 Å². The Morgan fingerprint density at radius 3 is 2.69 bits per heavy atom. The van der Waals surface area contributed by atoms with Crippen molar-refractivity contribution < 1.29 is 17.9 Å². The van der Waals surface area contributed by atoms with E-state index in [2.05, 4.69) is 8.75 Å². The average Bonchev–Trinajstić information content (AvgIpc) is 3.30. The number of anilines is 1. The highest BCUT2D eigenvalue weighted by molar-refractivity contribution is 7.89. The summed E-state index contributed by atoms with van der Waals surface area (Å²) < 4.78 is 42.0. The van der Waals surface area contributed by atoms with Crippen molar-refractivity contribution in [2.75, 3.05) is 31.1 Å². The van der Waals surface area contributed by atoms with Crippen LogP contribution >= 0.6 is 11.7 Å². The maximum atomic E-state index is 13.4. The van der Waals surface area contributed by atoms with Crippen LogP contribution in [0.4, 0.5) is 5.69 Å². The fraction of sp³-hybridized carbons (Fsp3) is 0.409. The van der Waals surface area contributed by atoms with E-state index in [9.17, 15) is 13.2 Å². The molecule has 0 N–H and O–H groups in total. The quantitative estimate of drug-likeness (QED) is 0.520. The molecule has 1 saturated heterocycles. The van der Waals surface area contributed by atoms with Crippen molar-refractivity contribution in [3.8, 4) is 5.75 Å². The molecule has 2 heterocycles. The summed E-state index contributed by atoms with van der Waals surface area (Å²) in [5.41, 5.74) is 1.73. The Morgan fingerprint density at radius 1 is 1.19 bits per heavy atom. The highest BCUT2D eigenvalue weighted by Gasteiger charge is 2.36. The molecule has 1 fully saturated rings. The molecule has 170 valence electrons. The molecule has 1 aliphatic heterocycles. The number of carbonyl (C=O) groups excluding carboxylic acids is 1. The van der Waals surface area contributed by atoms with Gasteiger partial charge < -0.3 is 9.64 Å². The van der Waals surface area contributed by atoms with Gasteiger partial charge >= 0.3 is 0 Å². The van der Waals surface area contributed by atoms with Gasteiger partial charge in [-0.15, -0.1) is 0 Å². The zero-order valence-corrected chi connectivity index (χ0v) is 19.7. The number of carbonyl (C=O) groups is 1. The Kier molecular flexibility index (Phi) is 6.73. The maximum absolute atomic E-state index is 13.4. The van der Waals surface area contributed by atoms with Crippen LogP contribution in [0.25, 0.3) is 11.0 Å². The lowest BCUT2D eigenvalue weighted by Crippen LogP contribution is -2.46. The van der Waals surface area contributed by atoms with E-state index in [1.807, 2.05) is 38.1 Å². The van der Waals surface area contributed by atoms with Crippen molar-refractivity contribution in [1.29, 1.82) is 0 Å². The average molecular weight is 475 g/mol. The first-order chi connectivity index (χ1) is 15.5. The molecule has 1 aliphatic rings. The normalized spacial score (nSPS) is 17.4. The molecule has 0 saturated carbocycles. The van der Waals surface area contributed by atoms with Gasteiger partial charge in [0.05, 0.1) is 24.3 Å². The zero-order valence-electron chi connectivity index (χ0n) is 18.1. The zero-order chi connectivity index (χ0) is 22.7. The van der Waals surface area contributed by atoms with Gasteiger partial charge in [-0.2, -0.15) is 13.1 Å². The first-order valence-electron chi connectivity index (χ1n) is 10.7. The maximum Gasteiger partial charge on any atom is 0.245 e. The predicted octanol–water partition coefficient (Wildman–Crippen LogP) is 3.54. The monoisotopic (exact) mass is 474 g/mol. The Morgan fingerprint density at radius 2 is 1.97 bits per heavy atom. The molecule has 4 rings (SSSR count). The number of benzene rings is 2. The van der Waals surface area contributed by atoms with Crippen molar-refractivity contribution in [3.63, 3.8) is 0 Å². The standard InChI is InChI=1S/C22H26N4O4S2/c1-3-26(17-10-12-18(13-11-17)30-4-2)22(27)16-7-6-14-25(15-16)32(28,29)20-9-5-8-19-21(20)24-31-23-19/h5,8-13,16H,3-4,6-7,14-15H2,1-2H3/t16-/m0/s1. The topological polar surface area (TPSA) is 92.7 Å². The Bertz CT molecular complexity index is 1190. The minimum absolute atomic E-state index is 0.0647. The molecule has 0 radical (unpaired) electrons. The number of hydrogen-bond donors (Lipinski definition) is 0. The molecule has 3 aromatic rings. The van der Waals surface area contributed by atoms with Crippen LogP contribution in [0.15, 0.2) is 47.4 Å². The number of hydrogen-bond acceptors (Lipinski definition) is 7. The molecule has 10 heteroatoms. The molecule has 1 aromatic heterocycles. The van der Waals surface area contributed by atoms with Gasteiger partial charge in [0.1, 0.15) is 21.7 Å². The van der Waals surface area contributed by atoms with E-state index in [1.165, 1.54) is 4.31 Å². The van der Waals surface area contributed by atoms with Crippen molar-refractivity contribution in [1.82, 2.24) is 13.1 Å². The number of ether oxygens (including phenoxy) is 1. The Labute approximate surface area is 192 Å². The van der Waals surface area contributed by atoms with E-state index in [0.29, 0.717) is 43.6 Å². The van der Waals surface area contributed by atoms with Crippen molar-refractivity contribution in [3.05, 3.63) is 42.5 Å². The highest BCUT2D eigenvalue weighted by Crippen LogP contribution is 2.30. The van der Waals surface area contributed by atoms with Crippen LogP contribution in [0.5, 0.6) is 5.75 Å². The molecule has 0 spiro atoms. The van der Waals surface area contributed by atoms with Gasteiger partial charge in [-0.25, -0.2) is 8.42 Å². The van der Waals surface area contributed by atoms with E-state index in [-0.39, 0.29) is 17.3 Å². The summed E-state index contributed by atoms with van der Waals surface area (Å²) in [6.07, 6.45) is 1.28. The first-order valence-corrected chi connectivity index (χ1v) is 12.9. The molecule has 1 amide bonds. The van der Waals surface area contributed by atoms with Crippen LogP contribution in [0.1, 0.15) is 26.7 Å². The number of nitrogens with zero attached hydrogens (tertiary/aromatic N) is 4. The van der Waals surface area contributed by atoms with Gasteiger partial charge in [0.2, 0.25) is 15.9 Å². The van der Waals surface area contributed by atoms with Crippen molar-refractivity contribution >= 4 is 44.4 Å². The number of aromatic nitrogens is 2. The number of amides is 1.